The van der Waals surface area contributed by atoms with Crippen molar-refractivity contribution in [2.24, 2.45) is 7.05 Å². The largest absolute Gasteiger partial charge is 0.339 e. The molecule has 0 aromatic carbocycles. The molecule has 1 saturated heterocycles. The Morgan fingerprint density at radius 2 is 2.32 bits per heavy atom. The maximum atomic E-state index is 12.4. The van der Waals surface area contributed by atoms with Crippen molar-refractivity contribution in [3.05, 3.63) is 21.8 Å². The molecule has 2 aromatic heterocycles. The molecule has 0 N–H and O–H groups in total. The molecule has 7 heteroatoms. The molecule has 118 valence electrons. The van der Waals surface area contributed by atoms with E-state index in [0.717, 1.165) is 24.9 Å². The van der Waals surface area contributed by atoms with Gasteiger partial charge >= 0.3 is 0 Å². The lowest BCUT2D eigenvalue weighted by atomic mass is 10.0. The van der Waals surface area contributed by atoms with E-state index in [0.29, 0.717) is 21.7 Å². The van der Waals surface area contributed by atoms with Gasteiger partial charge in [-0.1, -0.05) is 11.8 Å². The van der Waals surface area contributed by atoms with Gasteiger partial charge in [-0.3, -0.25) is 14.2 Å². The summed E-state index contributed by atoms with van der Waals surface area (Å²) in [6.07, 6.45) is 3.36. The van der Waals surface area contributed by atoms with Gasteiger partial charge in [0.25, 0.3) is 5.56 Å². The monoisotopic (exact) mass is 337 g/mol. The van der Waals surface area contributed by atoms with Crippen LogP contribution in [-0.4, -0.2) is 38.7 Å². The second kappa shape index (κ2) is 6.42. The predicted molar refractivity (Wildman–Crippen MR) is 90.6 cm³/mol. The number of carbonyl (C=O) groups excluding carboxylic acids is 1. The lowest BCUT2D eigenvalue weighted by Crippen LogP contribution is -2.43. The first-order valence-electron chi connectivity index (χ1n) is 7.44. The Bertz CT molecular complexity index is 753. The van der Waals surface area contributed by atoms with Gasteiger partial charge in [0.15, 0.2) is 5.16 Å². The van der Waals surface area contributed by atoms with Crippen LogP contribution in [0.2, 0.25) is 0 Å². The molecule has 1 fully saturated rings. The van der Waals surface area contributed by atoms with Crippen LogP contribution in [-0.2, 0) is 11.8 Å². The number of rotatable bonds is 3. The van der Waals surface area contributed by atoms with Gasteiger partial charge < -0.3 is 4.90 Å². The Hall–Kier alpha value is -1.34. The summed E-state index contributed by atoms with van der Waals surface area (Å²) in [5, 5.41) is 2.47. The van der Waals surface area contributed by atoms with E-state index in [-0.39, 0.29) is 11.5 Å². The van der Waals surface area contributed by atoms with E-state index in [9.17, 15) is 9.59 Å². The molecule has 1 amide bonds. The Kier molecular flexibility index (Phi) is 4.54. The number of fused-ring (bicyclic) bond motifs is 1. The Balaban J connectivity index is 1.75. The standard InChI is InChI=1S/C15H19N3O2S2/c1-10-5-3-4-7-18(10)12(19)9-22-15-16-11-6-8-21-13(11)14(20)17(15)2/h6,8,10H,3-5,7,9H2,1-2H3. The first kappa shape index (κ1) is 15.6. The van der Waals surface area contributed by atoms with Crippen molar-refractivity contribution in [2.75, 3.05) is 12.3 Å². The van der Waals surface area contributed by atoms with E-state index >= 15 is 0 Å². The molecule has 0 radical (unpaired) electrons. The molecule has 3 heterocycles. The summed E-state index contributed by atoms with van der Waals surface area (Å²) in [7, 11) is 1.71. The van der Waals surface area contributed by atoms with Crippen LogP contribution in [0.1, 0.15) is 26.2 Å². The smallest absolute Gasteiger partial charge is 0.271 e. The van der Waals surface area contributed by atoms with Gasteiger partial charge in [0.1, 0.15) is 4.70 Å². The minimum Gasteiger partial charge on any atom is -0.339 e. The van der Waals surface area contributed by atoms with Crippen molar-refractivity contribution in [3.63, 3.8) is 0 Å². The van der Waals surface area contributed by atoms with E-state index in [1.165, 1.54) is 34.1 Å². The minimum atomic E-state index is -0.0405. The average molecular weight is 337 g/mol. The summed E-state index contributed by atoms with van der Waals surface area (Å²) in [5.41, 5.74) is 0.677. The SMILES string of the molecule is CC1CCCCN1C(=O)CSc1nc2ccsc2c(=O)n1C. The van der Waals surface area contributed by atoms with Crippen LogP contribution in [0.25, 0.3) is 10.2 Å². The Morgan fingerprint density at radius 3 is 3.09 bits per heavy atom. The van der Waals surface area contributed by atoms with Crippen molar-refractivity contribution < 1.29 is 4.79 Å². The van der Waals surface area contributed by atoms with Crippen LogP contribution < -0.4 is 5.56 Å². The van der Waals surface area contributed by atoms with Crippen molar-refractivity contribution in [1.29, 1.82) is 0 Å². The van der Waals surface area contributed by atoms with Crippen LogP contribution in [0.4, 0.5) is 0 Å². The number of aromatic nitrogens is 2. The molecule has 3 rings (SSSR count). The van der Waals surface area contributed by atoms with Gasteiger partial charge in [0.2, 0.25) is 5.91 Å². The molecule has 1 unspecified atom stereocenters. The summed E-state index contributed by atoms with van der Waals surface area (Å²) >= 11 is 2.75. The fraction of sp³-hybridized carbons (Fsp3) is 0.533. The zero-order valence-electron chi connectivity index (χ0n) is 12.7. The number of thioether (sulfide) groups is 1. The summed E-state index contributed by atoms with van der Waals surface area (Å²) in [5.74, 6) is 0.470. The first-order chi connectivity index (χ1) is 10.6. The first-order valence-corrected chi connectivity index (χ1v) is 9.31. The van der Waals surface area contributed by atoms with E-state index < -0.39 is 0 Å². The summed E-state index contributed by atoms with van der Waals surface area (Å²) in [4.78, 5) is 31.1. The third-order valence-corrected chi connectivity index (χ3v) is 6.00. The number of hydrogen-bond acceptors (Lipinski definition) is 5. The van der Waals surface area contributed by atoms with Gasteiger partial charge in [0, 0.05) is 19.6 Å². The maximum absolute atomic E-state index is 12.4. The highest BCUT2D eigenvalue weighted by Gasteiger charge is 2.23. The third-order valence-electron chi connectivity index (χ3n) is 4.09. The lowest BCUT2D eigenvalue weighted by Gasteiger charge is -2.33. The van der Waals surface area contributed by atoms with Gasteiger partial charge in [-0.25, -0.2) is 4.98 Å². The summed E-state index contributed by atoms with van der Waals surface area (Å²) in [6.45, 7) is 2.95. The fourth-order valence-electron chi connectivity index (χ4n) is 2.77. The third kappa shape index (κ3) is 2.92. The molecule has 0 aliphatic carbocycles. The van der Waals surface area contributed by atoms with Gasteiger partial charge in [-0.15, -0.1) is 11.3 Å². The molecule has 22 heavy (non-hydrogen) atoms. The molecule has 5 nitrogen and oxygen atoms in total. The predicted octanol–water partition coefficient (Wildman–Crippen LogP) is 2.49. The number of piperidine rings is 1. The molecular weight excluding hydrogens is 318 g/mol. The summed E-state index contributed by atoms with van der Waals surface area (Å²) < 4.78 is 2.21. The van der Waals surface area contributed by atoms with Gasteiger partial charge in [0.05, 0.1) is 11.3 Å². The number of thiophene rings is 1. The summed E-state index contributed by atoms with van der Waals surface area (Å²) in [6, 6.07) is 2.16. The second-order valence-electron chi connectivity index (χ2n) is 5.61. The Labute approximate surface area is 137 Å². The molecule has 0 saturated carbocycles. The molecule has 1 aliphatic rings. The minimum absolute atomic E-state index is 0.0405. The quantitative estimate of drug-likeness (QED) is 0.638. The maximum Gasteiger partial charge on any atom is 0.271 e. The van der Waals surface area contributed by atoms with Gasteiger partial charge in [-0.05, 0) is 37.6 Å². The molecule has 1 atom stereocenters. The van der Waals surface area contributed by atoms with Gasteiger partial charge in [-0.2, -0.15) is 0 Å². The van der Waals surface area contributed by atoms with Crippen molar-refractivity contribution >= 4 is 39.2 Å². The highest BCUT2D eigenvalue weighted by atomic mass is 32.2. The number of nitrogens with zero attached hydrogens (tertiary/aromatic N) is 3. The number of amides is 1. The molecular formula is C15H19N3O2S2. The van der Waals surface area contributed by atoms with Crippen LogP contribution >= 0.6 is 23.1 Å². The molecule has 0 spiro atoms. The zero-order valence-corrected chi connectivity index (χ0v) is 14.4. The van der Waals surface area contributed by atoms with Crippen LogP contribution in [0, 0.1) is 0 Å². The molecule has 0 bridgehead atoms. The Morgan fingerprint density at radius 1 is 1.50 bits per heavy atom. The number of likely N-dealkylation sites (tertiary alicyclic amines) is 1. The van der Waals surface area contributed by atoms with Crippen LogP contribution in [0.15, 0.2) is 21.4 Å². The van der Waals surface area contributed by atoms with Crippen molar-refractivity contribution in [3.8, 4) is 0 Å². The highest BCUT2D eigenvalue weighted by molar-refractivity contribution is 7.99. The lowest BCUT2D eigenvalue weighted by molar-refractivity contribution is -0.131. The topological polar surface area (TPSA) is 55.2 Å². The van der Waals surface area contributed by atoms with Crippen LogP contribution in [0.3, 0.4) is 0 Å². The van der Waals surface area contributed by atoms with Crippen LogP contribution in [0.5, 0.6) is 0 Å². The normalized spacial score (nSPS) is 18.8. The number of carbonyl (C=O) groups is 1. The van der Waals surface area contributed by atoms with Crippen molar-refractivity contribution in [1.82, 2.24) is 14.5 Å². The highest BCUT2D eigenvalue weighted by Crippen LogP contribution is 2.22. The van der Waals surface area contributed by atoms with E-state index in [2.05, 4.69) is 11.9 Å². The van der Waals surface area contributed by atoms with E-state index in [4.69, 9.17) is 0 Å². The van der Waals surface area contributed by atoms with E-state index in [1.54, 1.807) is 7.05 Å². The molecule has 1 aliphatic heterocycles. The fourth-order valence-corrected chi connectivity index (χ4v) is 4.44. The van der Waals surface area contributed by atoms with E-state index in [1.807, 2.05) is 16.3 Å². The number of hydrogen-bond donors (Lipinski definition) is 0. The second-order valence-corrected chi connectivity index (χ2v) is 7.47. The van der Waals surface area contributed by atoms with Crippen molar-refractivity contribution in [2.45, 2.75) is 37.4 Å². The zero-order chi connectivity index (χ0) is 15.7. The molecule has 2 aromatic rings. The average Bonchev–Trinajstić information content (AvgIpc) is 2.98.